The van der Waals surface area contributed by atoms with Crippen molar-refractivity contribution < 1.29 is 0 Å². The molecule has 0 radical (unpaired) electrons. The van der Waals surface area contributed by atoms with Crippen molar-refractivity contribution in [2.75, 3.05) is 0 Å². The van der Waals surface area contributed by atoms with Crippen molar-refractivity contribution in [1.29, 1.82) is 0 Å². The third kappa shape index (κ3) is 6.05. The molecule has 11 aromatic carbocycles. The Morgan fingerprint density at radius 3 is 1.38 bits per heavy atom. The van der Waals surface area contributed by atoms with E-state index >= 15 is 0 Å². The molecule has 0 fully saturated rings. The van der Waals surface area contributed by atoms with Crippen LogP contribution in [0, 0.1) is 0 Å². The number of para-hydroxylation sites is 1. The van der Waals surface area contributed by atoms with E-state index < -0.39 is 0 Å². The Hall–Kier alpha value is -8.66. The van der Waals surface area contributed by atoms with Crippen LogP contribution < -0.4 is 0 Å². The van der Waals surface area contributed by atoms with Crippen molar-refractivity contribution in [1.82, 2.24) is 14.5 Å². The summed E-state index contributed by atoms with van der Waals surface area (Å²) in [6.07, 6.45) is 0. The average molecular weight is 826 g/mol. The second-order valence-electron chi connectivity index (χ2n) is 16.9. The molecule has 2 aromatic heterocycles. The molecule has 13 aromatic rings. The molecule has 2 heterocycles. The van der Waals surface area contributed by atoms with Gasteiger partial charge in [0.15, 0.2) is 5.82 Å². The number of hydrogen-bond donors (Lipinski definition) is 0. The van der Waals surface area contributed by atoms with Crippen LogP contribution in [-0.4, -0.2) is 14.5 Å². The summed E-state index contributed by atoms with van der Waals surface area (Å²) in [5.41, 5.74) is 14.5. The van der Waals surface area contributed by atoms with Gasteiger partial charge in [-0.05, 0) is 96.0 Å². The summed E-state index contributed by atoms with van der Waals surface area (Å²) in [7, 11) is 0. The van der Waals surface area contributed by atoms with Crippen LogP contribution in [0.3, 0.4) is 0 Å². The second-order valence-corrected chi connectivity index (χ2v) is 16.9. The predicted octanol–water partition coefficient (Wildman–Crippen LogP) is 16.5. The van der Waals surface area contributed by atoms with Gasteiger partial charge in [-0.2, -0.15) is 0 Å². The van der Waals surface area contributed by atoms with Gasteiger partial charge in [0.25, 0.3) is 0 Å². The van der Waals surface area contributed by atoms with Crippen molar-refractivity contribution in [3.63, 3.8) is 0 Å². The first kappa shape index (κ1) is 36.9. The molecule has 0 saturated heterocycles. The van der Waals surface area contributed by atoms with Crippen LogP contribution in [0.4, 0.5) is 0 Å². The molecular formula is C62H39N3. The molecule has 0 spiro atoms. The van der Waals surface area contributed by atoms with E-state index in [1.54, 1.807) is 0 Å². The fraction of sp³-hybridized carbons (Fsp3) is 0. The molecule has 0 saturated carbocycles. The normalized spacial score (nSPS) is 11.7. The molecule has 3 heteroatoms. The van der Waals surface area contributed by atoms with Gasteiger partial charge in [-0.25, -0.2) is 9.97 Å². The molecule has 0 aliphatic rings. The van der Waals surface area contributed by atoms with Crippen molar-refractivity contribution in [3.8, 4) is 61.7 Å². The fourth-order valence-corrected chi connectivity index (χ4v) is 10.2. The Morgan fingerprint density at radius 2 is 0.785 bits per heavy atom. The number of hydrogen-bond acceptors (Lipinski definition) is 2. The number of aromatic nitrogens is 3. The third-order valence-corrected chi connectivity index (χ3v) is 13.2. The summed E-state index contributed by atoms with van der Waals surface area (Å²) in [4.78, 5) is 10.6. The molecule has 0 bridgehead atoms. The third-order valence-electron chi connectivity index (χ3n) is 13.2. The van der Waals surface area contributed by atoms with Gasteiger partial charge in [0.05, 0.1) is 22.2 Å². The lowest BCUT2D eigenvalue weighted by Gasteiger charge is -2.15. The van der Waals surface area contributed by atoms with E-state index in [1.807, 2.05) is 0 Å². The Labute approximate surface area is 376 Å². The van der Waals surface area contributed by atoms with Crippen LogP contribution >= 0.6 is 0 Å². The lowest BCUT2D eigenvalue weighted by molar-refractivity contribution is 1.19. The topological polar surface area (TPSA) is 30.7 Å². The minimum atomic E-state index is 0.707. The van der Waals surface area contributed by atoms with Gasteiger partial charge in [-0.15, -0.1) is 0 Å². The quantitative estimate of drug-likeness (QED) is 0.167. The fourth-order valence-electron chi connectivity index (χ4n) is 10.2. The van der Waals surface area contributed by atoms with E-state index in [0.717, 1.165) is 44.2 Å². The van der Waals surface area contributed by atoms with E-state index in [1.165, 1.54) is 76.7 Å². The Balaban J connectivity index is 1.05. The van der Waals surface area contributed by atoms with E-state index in [-0.39, 0.29) is 0 Å². The van der Waals surface area contributed by atoms with Crippen LogP contribution in [0.15, 0.2) is 237 Å². The van der Waals surface area contributed by atoms with Gasteiger partial charge in [-0.1, -0.05) is 206 Å². The minimum Gasteiger partial charge on any atom is -0.309 e. The highest BCUT2D eigenvalue weighted by molar-refractivity contribution is 6.31. The first-order valence-electron chi connectivity index (χ1n) is 22.2. The largest absolute Gasteiger partial charge is 0.309 e. The zero-order chi connectivity index (χ0) is 42.8. The maximum atomic E-state index is 5.37. The van der Waals surface area contributed by atoms with Crippen LogP contribution in [0.25, 0.3) is 127 Å². The average Bonchev–Trinajstić information content (AvgIpc) is 3.73. The Morgan fingerprint density at radius 1 is 0.292 bits per heavy atom. The smallest absolute Gasteiger partial charge is 0.161 e. The number of nitrogens with zero attached hydrogens (tertiary/aromatic N) is 3. The number of benzene rings is 11. The summed E-state index contributed by atoms with van der Waals surface area (Å²) in [5.74, 6) is 0.707. The van der Waals surface area contributed by atoms with Crippen molar-refractivity contribution >= 4 is 65.0 Å². The van der Waals surface area contributed by atoms with Crippen molar-refractivity contribution in [3.05, 3.63) is 237 Å². The zero-order valence-corrected chi connectivity index (χ0v) is 35.4. The summed E-state index contributed by atoms with van der Waals surface area (Å²) in [5, 5.41) is 10.7. The maximum Gasteiger partial charge on any atom is 0.161 e. The zero-order valence-electron chi connectivity index (χ0n) is 35.4. The van der Waals surface area contributed by atoms with E-state index in [4.69, 9.17) is 9.97 Å². The first-order chi connectivity index (χ1) is 32.2. The van der Waals surface area contributed by atoms with Crippen LogP contribution in [0.5, 0.6) is 0 Å². The summed E-state index contributed by atoms with van der Waals surface area (Å²) in [6.45, 7) is 0. The van der Waals surface area contributed by atoms with Gasteiger partial charge < -0.3 is 4.57 Å². The van der Waals surface area contributed by atoms with Gasteiger partial charge in [0.1, 0.15) is 0 Å². The van der Waals surface area contributed by atoms with Crippen LogP contribution in [-0.2, 0) is 0 Å². The first-order valence-corrected chi connectivity index (χ1v) is 22.2. The summed E-state index contributed by atoms with van der Waals surface area (Å²) >= 11 is 0. The molecule has 0 atom stereocenters. The highest BCUT2D eigenvalue weighted by Crippen LogP contribution is 2.46. The van der Waals surface area contributed by atoms with Gasteiger partial charge >= 0.3 is 0 Å². The van der Waals surface area contributed by atoms with Gasteiger partial charge in [0.2, 0.25) is 0 Å². The number of rotatable bonds is 6. The lowest BCUT2D eigenvalue weighted by atomic mass is 9.92. The highest BCUT2D eigenvalue weighted by atomic mass is 15.0. The van der Waals surface area contributed by atoms with Crippen molar-refractivity contribution in [2.45, 2.75) is 0 Å². The molecule has 0 amide bonds. The molecule has 65 heavy (non-hydrogen) atoms. The van der Waals surface area contributed by atoms with Crippen LogP contribution in [0.1, 0.15) is 0 Å². The molecule has 13 rings (SSSR count). The van der Waals surface area contributed by atoms with E-state index in [9.17, 15) is 0 Å². The standard InChI is InChI=1S/C62H39N3/c1-4-17-40(18-5-1)41-31-33-44(34-32-41)61-53-28-14-15-30-56(53)63-62(64-61)52-29-16-23-45-37-46(35-36-47(45)52)65-57-38-54(42-19-6-2-7-20-42)48-24-10-12-26-50(48)59(57)60-51-27-13-11-25-49(51)55(39-58(60)65)43-21-8-3-9-22-43/h1-39H. The van der Waals surface area contributed by atoms with E-state index in [2.05, 4.69) is 241 Å². The lowest BCUT2D eigenvalue weighted by Crippen LogP contribution is -1.97. The Kier molecular flexibility index (Phi) is 8.53. The van der Waals surface area contributed by atoms with Crippen molar-refractivity contribution in [2.24, 2.45) is 0 Å². The molecule has 3 nitrogen and oxygen atoms in total. The predicted molar refractivity (Wildman–Crippen MR) is 274 cm³/mol. The Bertz CT molecular complexity index is 3830. The monoisotopic (exact) mass is 825 g/mol. The van der Waals surface area contributed by atoms with Gasteiger partial charge in [-0.3, -0.25) is 0 Å². The highest BCUT2D eigenvalue weighted by Gasteiger charge is 2.22. The molecular weight excluding hydrogens is 787 g/mol. The molecule has 0 aliphatic heterocycles. The molecule has 0 aliphatic carbocycles. The minimum absolute atomic E-state index is 0.707. The van der Waals surface area contributed by atoms with Crippen LogP contribution in [0.2, 0.25) is 0 Å². The molecule has 302 valence electrons. The number of fused-ring (bicyclic) bond motifs is 9. The molecule has 0 N–H and O–H groups in total. The summed E-state index contributed by atoms with van der Waals surface area (Å²) < 4.78 is 2.50. The maximum absolute atomic E-state index is 5.37. The summed E-state index contributed by atoms with van der Waals surface area (Å²) in [6, 6.07) is 85.3. The molecule has 0 unspecified atom stereocenters. The van der Waals surface area contributed by atoms with Gasteiger partial charge in [0, 0.05) is 33.0 Å². The second kappa shape index (κ2) is 15.0. The van der Waals surface area contributed by atoms with E-state index in [0.29, 0.717) is 5.82 Å². The SMILES string of the molecule is c1ccc(-c2ccc(-c3nc(-c4cccc5cc(-n6c7cc(-c8ccccc8)c8ccccc8c7c7c8ccccc8c(-c8ccccc8)cc76)ccc45)nc4ccccc34)cc2)cc1.